The van der Waals surface area contributed by atoms with Gasteiger partial charge in [0.2, 0.25) is 17.6 Å². The number of carbonyl (C=O) groups is 2. The lowest BCUT2D eigenvalue weighted by Crippen LogP contribution is -2.28. The number of imidazole rings is 1. The van der Waals surface area contributed by atoms with E-state index < -0.39 is 0 Å². The van der Waals surface area contributed by atoms with Gasteiger partial charge in [-0.2, -0.15) is 4.98 Å². The molecule has 1 aliphatic rings. The zero-order valence-electron chi connectivity index (χ0n) is 17.8. The molecule has 1 N–H and O–H groups in total. The van der Waals surface area contributed by atoms with Gasteiger partial charge in [-0.15, -0.1) is 0 Å². The molecule has 0 saturated carbocycles. The summed E-state index contributed by atoms with van der Waals surface area (Å²) >= 11 is 0. The van der Waals surface area contributed by atoms with Crippen molar-refractivity contribution >= 4 is 23.1 Å². The van der Waals surface area contributed by atoms with Crippen molar-refractivity contribution in [3.8, 4) is 11.4 Å². The van der Waals surface area contributed by atoms with Gasteiger partial charge in [0.25, 0.3) is 5.91 Å². The molecule has 2 amide bonds. The molecule has 4 heterocycles. The molecule has 1 aliphatic heterocycles. The largest absolute Gasteiger partial charge is 0.337 e. The third-order valence-electron chi connectivity index (χ3n) is 5.78. The van der Waals surface area contributed by atoms with Gasteiger partial charge in [-0.25, -0.2) is 4.98 Å². The molecule has 1 saturated heterocycles. The SMILES string of the molecule is CC(=O)N1CCC[C@@H]1c1nc(-c2ccc(C)c(NC(=O)c3cnc4ccccn34)c2)no1. The van der Waals surface area contributed by atoms with Crippen molar-refractivity contribution in [2.45, 2.75) is 32.7 Å². The molecule has 1 aromatic carbocycles. The summed E-state index contributed by atoms with van der Waals surface area (Å²) in [6, 6.07) is 11.0. The maximum absolute atomic E-state index is 12.9. The molecule has 0 bridgehead atoms. The van der Waals surface area contributed by atoms with Gasteiger partial charge in [0.05, 0.1) is 6.20 Å². The van der Waals surface area contributed by atoms with Gasteiger partial charge in [0.1, 0.15) is 17.4 Å². The smallest absolute Gasteiger partial charge is 0.274 e. The molecule has 0 radical (unpaired) electrons. The van der Waals surface area contributed by atoms with Gasteiger partial charge in [-0.3, -0.25) is 14.0 Å². The molecular weight excluding hydrogens is 408 g/mol. The van der Waals surface area contributed by atoms with Crippen molar-refractivity contribution in [1.82, 2.24) is 24.4 Å². The number of anilines is 1. The summed E-state index contributed by atoms with van der Waals surface area (Å²) in [4.78, 5) is 35.3. The van der Waals surface area contributed by atoms with Crippen LogP contribution in [-0.4, -0.2) is 42.8 Å². The first-order chi connectivity index (χ1) is 15.5. The molecule has 9 heteroatoms. The average Bonchev–Trinajstić information content (AvgIpc) is 3.53. The number of amides is 2. The Kier molecular flexibility index (Phi) is 4.93. The van der Waals surface area contributed by atoms with Gasteiger partial charge in [-0.05, 0) is 43.5 Å². The van der Waals surface area contributed by atoms with Gasteiger partial charge in [0, 0.05) is 30.9 Å². The summed E-state index contributed by atoms with van der Waals surface area (Å²) in [6.07, 6.45) is 5.06. The Morgan fingerprint density at radius 2 is 2.09 bits per heavy atom. The molecule has 9 nitrogen and oxygen atoms in total. The minimum absolute atomic E-state index is 0.0000185. The number of likely N-dealkylation sites (tertiary alicyclic amines) is 1. The molecule has 32 heavy (non-hydrogen) atoms. The zero-order chi connectivity index (χ0) is 22.2. The summed E-state index contributed by atoms with van der Waals surface area (Å²) < 4.78 is 7.23. The number of benzene rings is 1. The predicted octanol–water partition coefficient (Wildman–Crippen LogP) is 3.63. The van der Waals surface area contributed by atoms with Crippen LogP contribution >= 0.6 is 0 Å². The third kappa shape index (κ3) is 3.51. The van der Waals surface area contributed by atoms with Crippen LogP contribution < -0.4 is 5.32 Å². The van der Waals surface area contributed by atoms with Crippen LogP contribution in [0.3, 0.4) is 0 Å². The Morgan fingerprint density at radius 1 is 1.22 bits per heavy atom. The van der Waals surface area contributed by atoms with E-state index in [9.17, 15) is 9.59 Å². The first kappa shape index (κ1) is 19.9. The number of nitrogens with one attached hydrogen (secondary N) is 1. The lowest BCUT2D eigenvalue weighted by Gasteiger charge is -2.19. The number of aromatic nitrogens is 4. The van der Waals surface area contributed by atoms with Crippen LogP contribution in [0.15, 0.2) is 53.3 Å². The van der Waals surface area contributed by atoms with E-state index >= 15 is 0 Å². The standard InChI is InChI=1S/C23H22N6O3/c1-14-8-9-16(21-26-23(32-27-21)18-6-5-11-28(18)15(2)30)12-17(14)25-22(31)19-13-24-20-7-3-4-10-29(19)20/h3-4,7-10,12-13,18H,5-6,11H2,1-2H3,(H,25,31)/t18-/m1/s1. The highest BCUT2D eigenvalue weighted by atomic mass is 16.5. The number of fused-ring (bicyclic) bond motifs is 1. The van der Waals surface area contributed by atoms with Crippen LogP contribution in [0.4, 0.5) is 5.69 Å². The zero-order valence-corrected chi connectivity index (χ0v) is 17.8. The van der Waals surface area contributed by atoms with Crippen LogP contribution in [0.2, 0.25) is 0 Å². The number of rotatable bonds is 4. The van der Waals surface area contributed by atoms with E-state index in [0.717, 1.165) is 18.4 Å². The topological polar surface area (TPSA) is 106 Å². The van der Waals surface area contributed by atoms with Crippen LogP contribution in [0, 0.1) is 6.92 Å². The Labute approximate surface area is 184 Å². The van der Waals surface area contributed by atoms with Crippen molar-refractivity contribution < 1.29 is 14.1 Å². The first-order valence-corrected chi connectivity index (χ1v) is 10.5. The normalized spacial score (nSPS) is 15.9. The Hall–Kier alpha value is -4.01. The van der Waals surface area contributed by atoms with E-state index in [1.54, 1.807) is 28.6 Å². The fourth-order valence-corrected chi connectivity index (χ4v) is 4.07. The van der Waals surface area contributed by atoms with E-state index in [1.807, 2.05) is 43.3 Å². The molecule has 5 rings (SSSR count). The van der Waals surface area contributed by atoms with Crippen molar-refractivity contribution in [2.24, 2.45) is 0 Å². The molecule has 4 aromatic rings. The summed E-state index contributed by atoms with van der Waals surface area (Å²) in [6.45, 7) is 4.16. The Balaban J connectivity index is 1.40. The summed E-state index contributed by atoms with van der Waals surface area (Å²) in [5.41, 5.74) is 3.41. The highest BCUT2D eigenvalue weighted by Gasteiger charge is 2.32. The molecule has 3 aromatic heterocycles. The Bertz CT molecular complexity index is 1320. The van der Waals surface area contributed by atoms with E-state index in [-0.39, 0.29) is 17.9 Å². The fraction of sp³-hybridized carbons (Fsp3) is 0.261. The van der Waals surface area contributed by atoms with Crippen LogP contribution in [0.1, 0.15) is 47.7 Å². The third-order valence-corrected chi connectivity index (χ3v) is 5.78. The van der Waals surface area contributed by atoms with Crippen molar-refractivity contribution in [1.29, 1.82) is 0 Å². The lowest BCUT2D eigenvalue weighted by molar-refractivity contribution is -0.130. The summed E-state index contributed by atoms with van der Waals surface area (Å²) in [7, 11) is 0. The van der Waals surface area contributed by atoms with Crippen LogP contribution in [0.5, 0.6) is 0 Å². The minimum atomic E-state index is -0.263. The molecule has 0 unspecified atom stereocenters. The van der Waals surface area contributed by atoms with E-state index in [4.69, 9.17) is 4.52 Å². The molecule has 1 atom stereocenters. The van der Waals surface area contributed by atoms with Gasteiger partial charge >= 0.3 is 0 Å². The number of carbonyl (C=O) groups excluding carboxylic acids is 2. The Morgan fingerprint density at radius 3 is 2.94 bits per heavy atom. The van der Waals surface area contributed by atoms with Gasteiger partial charge < -0.3 is 14.7 Å². The van der Waals surface area contributed by atoms with Crippen molar-refractivity contribution in [3.05, 3.63) is 65.9 Å². The highest BCUT2D eigenvalue weighted by Crippen LogP contribution is 2.32. The average molecular weight is 430 g/mol. The molecule has 0 aliphatic carbocycles. The summed E-state index contributed by atoms with van der Waals surface area (Å²) in [5.74, 6) is 0.589. The lowest BCUT2D eigenvalue weighted by atomic mass is 10.1. The maximum Gasteiger partial charge on any atom is 0.274 e. The molecular formula is C23H22N6O3. The monoisotopic (exact) mass is 430 g/mol. The number of nitrogens with zero attached hydrogens (tertiary/aromatic N) is 5. The van der Waals surface area contributed by atoms with Crippen molar-refractivity contribution in [2.75, 3.05) is 11.9 Å². The summed E-state index contributed by atoms with van der Waals surface area (Å²) in [5, 5.41) is 7.07. The second kappa shape index (κ2) is 7.92. The maximum atomic E-state index is 12.9. The van der Waals surface area contributed by atoms with Gasteiger partial charge in [0.15, 0.2) is 0 Å². The van der Waals surface area contributed by atoms with E-state index in [0.29, 0.717) is 40.9 Å². The quantitative estimate of drug-likeness (QED) is 0.530. The fourth-order valence-electron chi connectivity index (χ4n) is 4.07. The number of hydrogen-bond donors (Lipinski definition) is 1. The van der Waals surface area contributed by atoms with Crippen LogP contribution in [-0.2, 0) is 4.79 Å². The van der Waals surface area contributed by atoms with E-state index in [2.05, 4.69) is 20.4 Å². The number of hydrogen-bond acceptors (Lipinski definition) is 6. The predicted molar refractivity (Wildman–Crippen MR) is 117 cm³/mol. The number of pyridine rings is 1. The highest BCUT2D eigenvalue weighted by molar-refractivity contribution is 6.04. The van der Waals surface area contributed by atoms with Crippen molar-refractivity contribution in [3.63, 3.8) is 0 Å². The van der Waals surface area contributed by atoms with Gasteiger partial charge in [-0.1, -0.05) is 23.4 Å². The van der Waals surface area contributed by atoms with E-state index in [1.165, 1.54) is 0 Å². The molecule has 1 fully saturated rings. The number of aryl methyl sites for hydroxylation is 1. The second-order valence-electron chi connectivity index (χ2n) is 7.88. The molecule has 0 spiro atoms. The first-order valence-electron chi connectivity index (χ1n) is 10.5. The molecule has 162 valence electrons. The van der Waals surface area contributed by atoms with Crippen LogP contribution in [0.25, 0.3) is 17.0 Å². The minimum Gasteiger partial charge on any atom is -0.337 e. The second-order valence-corrected chi connectivity index (χ2v) is 7.88.